The number of nitrogens with zero attached hydrogens (tertiary/aromatic N) is 1. The van der Waals surface area contributed by atoms with E-state index in [2.05, 4.69) is 0 Å². The van der Waals surface area contributed by atoms with Gasteiger partial charge in [-0.2, -0.15) is 0 Å². The van der Waals surface area contributed by atoms with Crippen molar-refractivity contribution in [3.8, 4) is 0 Å². The Morgan fingerprint density at radius 1 is 1.14 bits per heavy atom. The lowest BCUT2D eigenvalue weighted by atomic mass is 9.76. The number of benzene rings is 1. The van der Waals surface area contributed by atoms with Crippen molar-refractivity contribution in [1.29, 1.82) is 0 Å². The standard InChI is InChI=1S/C19H16ClNO7/c1-9(22)26-18(27-10(2)23)19-8-7-13(28-19)14-15(19)17(25)21(16(14)24)12-6-4-3-5-11(12)20/h3-8,13-15,18H,1-2H3/t13-,14+,15+,19+/m0/s1. The smallest absolute Gasteiger partial charge is 0.305 e. The molecule has 0 saturated carbocycles. The van der Waals surface area contributed by atoms with Gasteiger partial charge in [-0.1, -0.05) is 29.8 Å². The molecular formula is C19H16ClNO7. The largest absolute Gasteiger partial charge is 0.422 e. The van der Waals surface area contributed by atoms with Crippen LogP contribution in [0.15, 0.2) is 36.4 Å². The fraction of sp³-hybridized carbons (Fsp3) is 0.368. The van der Waals surface area contributed by atoms with Gasteiger partial charge in [0.05, 0.1) is 28.6 Å². The van der Waals surface area contributed by atoms with Gasteiger partial charge < -0.3 is 14.2 Å². The first-order valence-electron chi connectivity index (χ1n) is 8.60. The van der Waals surface area contributed by atoms with Crippen LogP contribution in [-0.4, -0.2) is 41.7 Å². The number of fused-ring (bicyclic) bond motifs is 5. The molecule has 0 aliphatic carbocycles. The van der Waals surface area contributed by atoms with Crippen molar-refractivity contribution >= 4 is 41.0 Å². The summed E-state index contributed by atoms with van der Waals surface area (Å²) in [4.78, 5) is 50.5. The van der Waals surface area contributed by atoms with Crippen molar-refractivity contribution in [2.75, 3.05) is 4.90 Å². The molecule has 0 N–H and O–H groups in total. The summed E-state index contributed by atoms with van der Waals surface area (Å²) in [5.41, 5.74) is -1.31. The third-order valence-corrected chi connectivity index (χ3v) is 5.41. The van der Waals surface area contributed by atoms with E-state index in [-0.39, 0.29) is 10.7 Å². The van der Waals surface area contributed by atoms with Crippen LogP contribution < -0.4 is 4.90 Å². The summed E-state index contributed by atoms with van der Waals surface area (Å²) in [7, 11) is 0. The van der Waals surface area contributed by atoms with E-state index < -0.39 is 53.6 Å². The summed E-state index contributed by atoms with van der Waals surface area (Å²) in [6, 6.07) is 6.49. The maximum atomic E-state index is 13.3. The number of rotatable bonds is 4. The number of ether oxygens (including phenoxy) is 3. The van der Waals surface area contributed by atoms with Crippen LogP contribution in [0.3, 0.4) is 0 Å². The van der Waals surface area contributed by atoms with Crippen molar-refractivity contribution in [1.82, 2.24) is 0 Å². The molecule has 28 heavy (non-hydrogen) atoms. The first kappa shape index (κ1) is 18.6. The van der Waals surface area contributed by atoms with Gasteiger partial charge in [0.2, 0.25) is 11.8 Å². The van der Waals surface area contributed by atoms with Gasteiger partial charge in [-0.05, 0) is 18.2 Å². The molecule has 2 amide bonds. The average molecular weight is 406 g/mol. The van der Waals surface area contributed by atoms with E-state index in [9.17, 15) is 19.2 Å². The topological polar surface area (TPSA) is 99.2 Å². The van der Waals surface area contributed by atoms with Crippen LogP contribution in [-0.2, 0) is 33.4 Å². The lowest BCUT2D eigenvalue weighted by molar-refractivity contribution is -0.226. The van der Waals surface area contributed by atoms with Crippen molar-refractivity contribution in [3.05, 3.63) is 41.4 Å². The third-order valence-electron chi connectivity index (χ3n) is 5.09. The summed E-state index contributed by atoms with van der Waals surface area (Å²) in [6.07, 6.45) is 0.934. The van der Waals surface area contributed by atoms with E-state index >= 15 is 0 Å². The summed E-state index contributed by atoms with van der Waals surface area (Å²) in [5.74, 6) is -4.31. The number of carbonyl (C=O) groups is 4. The van der Waals surface area contributed by atoms with Gasteiger partial charge in [-0.15, -0.1) is 0 Å². The quantitative estimate of drug-likeness (QED) is 0.324. The van der Waals surface area contributed by atoms with Gasteiger partial charge in [0.1, 0.15) is 0 Å². The monoisotopic (exact) mass is 405 g/mol. The van der Waals surface area contributed by atoms with Gasteiger partial charge >= 0.3 is 11.9 Å². The highest BCUT2D eigenvalue weighted by atomic mass is 35.5. The van der Waals surface area contributed by atoms with Crippen molar-refractivity contribution in [2.24, 2.45) is 11.8 Å². The van der Waals surface area contributed by atoms with Gasteiger partial charge in [-0.25, -0.2) is 4.90 Å². The van der Waals surface area contributed by atoms with Crippen LogP contribution in [0.4, 0.5) is 5.69 Å². The third kappa shape index (κ3) is 2.56. The second-order valence-electron chi connectivity index (χ2n) is 6.81. The molecule has 3 heterocycles. The molecule has 2 fully saturated rings. The molecule has 8 nitrogen and oxygen atoms in total. The summed E-state index contributed by atoms with van der Waals surface area (Å²) < 4.78 is 16.2. The number of para-hydroxylation sites is 1. The second-order valence-corrected chi connectivity index (χ2v) is 7.22. The van der Waals surface area contributed by atoms with Crippen LogP contribution in [0.1, 0.15) is 13.8 Å². The molecule has 2 saturated heterocycles. The minimum absolute atomic E-state index is 0.246. The number of hydrogen-bond acceptors (Lipinski definition) is 7. The molecule has 4 atom stereocenters. The fourth-order valence-corrected chi connectivity index (χ4v) is 4.31. The number of amides is 2. The van der Waals surface area contributed by atoms with Crippen molar-refractivity contribution in [3.63, 3.8) is 0 Å². The average Bonchev–Trinajstić information content (AvgIpc) is 3.26. The Labute approximate surface area is 165 Å². The zero-order valence-electron chi connectivity index (χ0n) is 15.0. The maximum Gasteiger partial charge on any atom is 0.305 e. The first-order chi connectivity index (χ1) is 13.3. The molecule has 4 rings (SSSR count). The molecule has 0 spiro atoms. The van der Waals surface area contributed by atoms with E-state index in [1.807, 2.05) is 0 Å². The van der Waals surface area contributed by atoms with Gasteiger partial charge in [0, 0.05) is 13.8 Å². The molecular weight excluding hydrogens is 390 g/mol. The number of imide groups is 1. The van der Waals surface area contributed by atoms with E-state index in [0.29, 0.717) is 0 Å². The minimum Gasteiger partial charge on any atom is -0.422 e. The van der Waals surface area contributed by atoms with Gasteiger partial charge in [-0.3, -0.25) is 19.2 Å². The van der Waals surface area contributed by atoms with Crippen molar-refractivity contribution < 1.29 is 33.4 Å². The lowest BCUT2D eigenvalue weighted by Crippen LogP contribution is -2.52. The predicted molar refractivity (Wildman–Crippen MR) is 95.0 cm³/mol. The minimum atomic E-state index is -1.57. The predicted octanol–water partition coefficient (Wildman–Crippen LogP) is 1.61. The fourth-order valence-electron chi connectivity index (χ4n) is 4.09. The molecule has 0 radical (unpaired) electrons. The van der Waals surface area contributed by atoms with E-state index in [1.54, 1.807) is 30.3 Å². The second kappa shape index (κ2) is 6.42. The highest BCUT2D eigenvalue weighted by molar-refractivity contribution is 6.36. The Bertz CT molecular complexity index is 913. The van der Waals surface area contributed by atoms with Crippen molar-refractivity contribution in [2.45, 2.75) is 31.8 Å². The normalized spacial score (nSPS) is 30.1. The Kier molecular flexibility index (Phi) is 4.28. The molecule has 2 bridgehead atoms. The van der Waals surface area contributed by atoms with E-state index in [4.69, 9.17) is 25.8 Å². The number of esters is 2. The summed E-state index contributed by atoms with van der Waals surface area (Å²) in [5, 5.41) is 0.246. The molecule has 146 valence electrons. The highest BCUT2D eigenvalue weighted by Gasteiger charge is 2.72. The van der Waals surface area contributed by atoms with Crippen LogP contribution in [0, 0.1) is 11.8 Å². The number of anilines is 1. The molecule has 0 aromatic heterocycles. The Hall–Kier alpha value is -2.71. The Balaban J connectivity index is 1.77. The molecule has 1 aromatic rings. The SMILES string of the molecule is CC(=O)OC(OC(C)=O)[C@]12C=C[C@H](O1)[C@H]1C(=O)N(c3ccccc3Cl)C(=O)[C@@H]12. The molecule has 1 aromatic carbocycles. The highest BCUT2D eigenvalue weighted by Crippen LogP contribution is 2.55. The molecule has 3 aliphatic rings. The van der Waals surface area contributed by atoms with Gasteiger partial charge in [0.25, 0.3) is 6.29 Å². The molecule has 0 unspecified atom stereocenters. The number of carbonyl (C=O) groups excluding carboxylic acids is 4. The first-order valence-corrected chi connectivity index (χ1v) is 8.98. The van der Waals surface area contributed by atoms with Crippen LogP contribution in [0.5, 0.6) is 0 Å². The zero-order valence-corrected chi connectivity index (χ0v) is 15.7. The molecule has 9 heteroatoms. The maximum absolute atomic E-state index is 13.3. The summed E-state index contributed by atoms with van der Waals surface area (Å²) >= 11 is 6.18. The van der Waals surface area contributed by atoms with Crippen LogP contribution in [0.25, 0.3) is 0 Å². The van der Waals surface area contributed by atoms with E-state index in [1.165, 1.54) is 6.08 Å². The number of hydrogen-bond donors (Lipinski definition) is 0. The van der Waals surface area contributed by atoms with Crippen LogP contribution >= 0.6 is 11.6 Å². The Morgan fingerprint density at radius 3 is 2.39 bits per heavy atom. The lowest BCUT2D eigenvalue weighted by Gasteiger charge is -2.34. The Morgan fingerprint density at radius 2 is 1.79 bits per heavy atom. The van der Waals surface area contributed by atoms with Gasteiger partial charge in [0.15, 0.2) is 5.60 Å². The van der Waals surface area contributed by atoms with Crippen LogP contribution in [0.2, 0.25) is 5.02 Å². The zero-order chi connectivity index (χ0) is 20.2. The summed E-state index contributed by atoms with van der Waals surface area (Å²) in [6.45, 7) is 2.29. The number of halogens is 1. The molecule has 3 aliphatic heterocycles. The van der Waals surface area contributed by atoms with E-state index in [0.717, 1.165) is 18.7 Å².